The first kappa shape index (κ1) is 35.7. The third-order valence-electron chi connectivity index (χ3n) is 11.7. The average molecular weight is 655 g/mol. The smallest absolute Gasteiger partial charge is 0.106 e. The molecule has 6 rings (SSSR count). The maximum absolute atomic E-state index is 2.59. The number of aryl methyl sites for hydroxylation is 4. The van der Waals surface area contributed by atoms with Gasteiger partial charge < -0.3 is 4.48 Å². The van der Waals surface area contributed by atoms with Crippen molar-refractivity contribution in [1.82, 2.24) is 0 Å². The topological polar surface area (TPSA) is 0 Å². The summed E-state index contributed by atoms with van der Waals surface area (Å²) < 4.78 is 1.00. The summed E-state index contributed by atoms with van der Waals surface area (Å²) in [5.41, 5.74) is 23.8. The molecule has 0 saturated carbocycles. The number of hydrogen-bond donors (Lipinski definition) is 0. The van der Waals surface area contributed by atoms with E-state index in [9.17, 15) is 0 Å². The second-order valence-electron chi connectivity index (χ2n) is 20.3. The Bertz CT molecular complexity index is 1680. The van der Waals surface area contributed by atoms with Gasteiger partial charge in [-0.2, -0.15) is 0 Å². The van der Waals surface area contributed by atoms with Crippen LogP contribution < -0.4 is 0 Å². The Kier molecular flexibility index (Phi) is 8.32. The van der Waals surface area contributed by atoms with Gasteiger partial charge in [0.05, 0.1) is 0 Å². The first-order valence-electron chi connectivity index (χ1n) is 18.8. The summed E-state index contributed by atoms with van der Waals surface area (Å²) in [5, 5.41) is 0. The molecule has 4 aromatic rings. The van der Waals surface area contributed by atoms with Crippen LogP contribution >= 0.6 is 0 Å². The van der Waals surface area contributed by atoms with Crippen molar-refractivity contribution in [2.75, 3.05) is 0 Å². The third kappa shape index (κ3) is 6.46. The molecule has 2 aliphatic heterocycles. The SMILES string of the molecule is Cc1cc(C(C)(C)C)cc2c1-c1c(C)cc(C(C)(C)C)cc1C[N+]1(C2)Cc2cc(C(C)(C)C)cc(C)c2-c2c(C)cc(C(C)(C)C)cc2C1. The fourth-order valence-corrected chi connectivity index (χ4v) is 8.88. The minimum Gasteiger partial charge on any atom is -0.309 e. The highest BCUT2D eigenvalue weighted by atomic mass is 15.4. The lowest BCUT2D eigenvalue weighted by molar-refractivity contribution is -0.978. The van der Waals surface area contributed by atoms with Crippen LogP contribution in [0.2, 0.25) is 0 Å². The summed E-state index contributed by atoms with van der Waals surface area (Å²) >= 11 is 0. The van der Waals surface area contributed by atoms with Crippen LogP contribution in [-0.2, 0) is 47.8 Å². The van der Waals surface area contributed by atoms with E-state index in [1.165, 1.54) is 89.0 Å². The zero-order chi connectivity index (χ0) is 36.2. The lowest BCUT2D eigenvalue weighted by Gasteiger charge is -2.39. The van der Waals surface area contributed by atoms with Gasteiger partial charge in [-0.25, -0.2) is 0 Å². The van der Waals surface area contributed by atoms with E-state index in [0.717, 1.165) is 30.7 Å². The van der Waals surface area contributed by atoms with Gasteiger partial charge in [-0.05, 0) is 140 Å². The summed E-state index contributed by atoms with van der Waals surface area (Å²) in [5.74, 6) is 0. The van der Waals surface area contributed by atoms with Gasteiger partial charge >= 0.3 is 0 Å². The Morgan fingerprint density at radius 1 is 0.327 bits per heavy atom. The normalized spacial score (nSPS) is 16.0. The minimum absolute atomic E-state index is 0.0837. The lowest BCUT2D eigenvalue weighted by atomic mass is 9.79. The first-order chi connectivity index (χ1) is 22.4. The molecule has 0 bridgehead atoms. The van der Waals surface area contributed by atoms with Crippen molar-refractivity contribution >= 4 is 0 Å². The molecule has 0 amide bonds. The first-order valence-corrected chi connectivity index (χ1v) is 18.8. The number of benzene rings is 4. The van der Waals surface area contributed by atoms with E-state index in [0.29, 0.717) is 0 Å². The Morgan fingerprint density at radius 2 is 0.510 bits per heavy atom. The van der Waals surface area contributed by atoms with Crippen molar-refractivity contribution in [3.8, 4) is 22.3 Å². The maximum atomic E-state index is 2.59. The lowest BCUT2D eigenvalue weighted by Crippen LogP contribution is -2.44. The highest BCUT2D eigenvalue weighted by molar-refractivity contribution is 5.80. The van der Waals surface area contributed by atoms with Gasteiger partial charge in [0.1, 0.15) is 26.2 Å². The standard InChI is InChI=1S/C48H64N/c1-29-17-37(45(5,6)7)21-33-25-49(26-34-22-38(46(8,9)10)18-30(2)42(34)41(29)33)27-35-23-39(47(11,12)13)19-31(3)43(35)44-32(4)20-40(48(14,15)16)24-36(44)28-49/h17-24H,25-28H2,1-16H3/q+1. The molecule has 0 N–H and O–H groups in total. The van der Waals surface area contributed by atoms with Gasteiger partial charge in [0.2, 0.25) is 0 Å². The van der Waals surface area contributed by atoms with Crippen LogP contribution in [0.15, 0.2) is 48.5 Å². The highest BCUT2D eigenvalue weighted by Gasteiger charge is 2.41. The van der Waals surface area contributed by atoms with Gasteiger partial charge in [-0.1, -0.05) is 107 Å². The van der Waals surface area contributed by atoms with Gasteiger partial charge in [-0.15, -0.1) is 0 Å². The molecule has 0 saturated heterocycles. The van der Waals surface area contributed by atoms with E-state index in [1.807, 2.05) is 0 Å². The summed E-state index contributed by atoms with van der Waals surface area (Å²) in [6.45, 7) is 42.0. The Balaban J connectivity index is 1.73. The average Bonchev–Trinajstić information content (AvgIpc) is 3.15. The molecule has 0 unspecified atom stereocenters. The summed E-state index contributed by atoms with van der Waals surface area (Å²) in [6, 6.07) is 20.3. The maximum Gasteiger partial charge on any atom is 0.106 e. The molecule has 49 heavy (non-hydrogen) atoms. The molecule has 2 heterocycles. The molecule has 0 atom stereocenters. The summed E-state index contributed by atoms with van der Waals surface area (Å²) in [6.07, 6.45) is 0. The Hall–Kier alpha value is -3.16. The number of quaternary nitrogens is 1. The number of nitrogens with zero attached hydrogens (tertiary/aromatic N) is 1. The van der Waals surface area contributed by atoms with Crippen molar-refractivity contribution in [2.24, 2.45) is 0 Å². The van der Waals surface area contributed by atoms with Crippen molar-refractivity contribution in [2.45, 2.75) is 159 Å². The number of fused-ring (bicyclic) bond motifs is 6. The minimum atomic E-state index is 0.0837. The Labute approximate surface area is 299 Å². The molecule has 0 fully saturated rings. The van der Waals surface area contributed by atoms with Gasteiger partial charge in [0, 0.05) is 22.3 Å². The van der Waals surface area contributed by atoms with Crippen molar-refractivity contribution in [3.63, 3.8) is 0 Å². The molecule has 1 heteroatoms. The van der Waals surface area contributed by atoms with E-state index in [4.69, 9.17) is 0 Å². The zero-order valence-corrected chi connectivity index (χ0v) is 33.9. The quantitative estimate of drug-likeness (QED) is 0.166. The van der Waals surface area contributed by atoms with Crippen LogP contribution in [0.5, 0.6) is 0 Å². The summed E-state index contributed by atoms with van der Waals surface area (Å²) in [7, 11) is 0. The van der Waals surface area contributed by atoms with Crippen molar-refractivity contribution in [1.29, 1.82) is 0 Å². The molecule has 1 nitrogen and oxygen atoms in total. The van der Waals surface area contributed by atoms with E-state index in [2.05, 4.69) is 159 Å². The highest BCUT2D eigenvalue weighted by Crippen LogP contribution is 2.49. The molecular formula is C48H64N+. The van der Waals surface area contributed by atoms with Gasteiger partial charge in [0.25, 0.3) is 0 Å². The molecule has 0 aromatic heterocycles. The number of rotatable bonds is 0. The van der Waals surface area contributed by atoms with Crippen molar-refractivity contribution < 1.29 is 4.48 Å². The molecule has 2 aliphatic rings. The predicted octanol–water partition coefficient (Wildman–Crippen LogP) is 13.0. The van der Waals surface area contributed by atoms with Gasteiger partial charge in [0.15, 0.2) is 0 Å². The second kappa shape index (κ2) is 11.4. The monoisotopic (exact) mass is 655 g/mol. The van der Waals surface area contributed by atoms with Crippen LogP contribution in [-0.4, -0.2) is 4.48 Å². The van der Waals surface area contributed by atoms with Crippen molar-refractivity contribution in [3.05, 3.63) is 115 Å². The largest absolute Gasteiger partial charge is 0.309 e. The van der Waals surface area contributed by atoms with Crippen LogP contribution in [0, 0.1) is 27.7 Å². The van der Waals surface area contributed by atoms with Crippen LogP contribution in [0.4, 0.5) is 0 Å². The molecule has 0 radical (unpaired) electrons. The summed E-state index contributed by atoms with van der Waals surface area (Å²) in [4.78, 5) is 0. The van der Waals surface area contributed by atoms with Crippen LogP contribution in [0.25, 0.3) is 22.3 Å². The molecule has 0 aliphatic carbocycles. The molecule has 4 aromatic carbocycles. The fourth-order valence-electron chi connectivity index (χ4n) is 8.88. The van der Waals surface area contributed by atoms with E-state index < -0.39 is 0 Å². The zero-order valence-electron chi connectivity index (χ0n) is 33.9. The molecular weight excluding hydrogens is 591 g/mol. The van der Waals surface area contributed by atoms with Crippen LogP contribution in [0.3, 0.4) is 0 Å². The predicted molar refractivity (Wildman–Crippen MR) is 213 cm³/mol. The van der Waals surface area contributed by atoms with Crippen LogP contribution in [0.1, 0.15) is 150 Å². The van der Waals surface area contributed by atoms with E-state index in [1.54, 1.807) is 0 Å². The van der Waals surface area contributed by atoms with E-state index >= 15 is 0 Å². The fraction of sp³-hybridized carbons (Fsp3) is 0.500. The molecule has 260 valence electrons. The second-order valence-corrected chi connectivity index (χ2v) is 20.3. The number of hydrogen-bond acceptors (Lipinski definition) is 0. The van der Waals surface area contributed by atoms with E-state index in [-0.39, 0.29) is 21.7 Å². The molecule has 1 spiro atoms. The van der Waals surface area contributed by atoms with Gasteiger partial charge in [-0.3, -0.25) is 0 Å². The third-order valence-corrected chi connectivity index (χ3v) is 11.7. The Morgan fingerprint density at radius 3 is 0.673 bits per heavy atom.